The zero-order chi connectivity index (χ0) is 13.7. The summed E-state index contributed by atoms with van der Waals surface area (Å²) in [6.07, 6.45) is 3.05. The minimum atomic E-state index is 0.258. The number of benzene rings is 1. The first kappa shape index (κ1) is 14.4. The van der Waals surface area contributed by atoms with E-state index in [0.29, 0.717) is 12.1 Å². The Kier molecular flexibility index (Phi) is 5.23. The van der Waals surface area contributed by atoms with E-state index < -0.39 is 0 Å². The smallest absolute Gasteiger partial charge is 0.0446 e. The molecule has 1 aliphatic rings. The molecule has 0 amide bonds. The van der Waals surface area contributed by atoms with E-state index in [4.69, 9.17) is 0 Å². The molecule has 0 aromatic heterocycles. The number of rotatable bonds is 4. The standard InChI is InChI=1S/C16H26N2O/c1-3-14-6-4-5-7-16(14)18-10-8-13(2)17-15(12-18)9-11-19/h4-7,13,15,17,19H,3,8-12H2,1-2H3. The molecule has 1 aliphatic heterocycles. The van der Waals surface area contributed by atoms with Crippen LogP contribution in [0, 0.1) is 0 Å². The Morgan fingerprint density at radius 2 is 2.16 bits per heavy atom. The summed E-state index contributed by atoms with van der Waals surface area (Å²) in [6, 6.07) is 9.59. The molecule has 0 saturated carbocycles. The van der Waals surface area contributed by atoms with Crippen LogP contribution in [-0.4, -0.2) is 36.9 Å². The molecule has 0 bridgehead atoms. The molecule has 1 fully saturated rings. The Labute approximate surface area is 116 Å². The molecule has 0 aliphatic carbocycles. The lowest BCUT2D eigenvalue weighted by molar-refractivity contribution is 0.263. The van der Waals surface area contributed by atoms with Crippen LogP contribution in [0.25, 0.3) is 0 Å². The summed E-state index contributed by atoms with van der Waals surface area (Å²) in [4.78, 5) is 2.48. The molecule has 1 saturated heterocycles. The number of anilines is 1. The van der Waals surface area contributed by atoms with Gasteiger partial charge in [0.25, 0.3) is 0 Å². The summed E-state index contributed by atoms with van der Waals surface area (Å²) in [7, 11) is 0. The monoisotopic (exact) mass is 262 g/mol. The SMILES string of the molecule is CCc1ccccc1N1CCC(C)NC(CCO)C1. The van der Waals surface area contributed by atoms with E-state index >= 15 is 0 Å². The molecule has 106 valence electrons. The van der Waals surface area contributed by atoms with Crippen molar-refractivity contribution < 1.29 is 5.11 Å². The van der Waals surface area contributed by atoms with E-state index in [1.807, 2.05) is 0 Å². The molecular formula is C16H26N2O. The summed E-state index contributed by atoms with van der Waals surface area (Å²) in [5.74, 6) is 0. The van der Waals surface area contributed by atoms with E-state index in [0.717, 1.165) is 32.4 Å². The number of para-hydroxylation sites is 1. The summed E-state index contributed by atoms with van der Waals surface area (Å²) >= 11 is 0. The zero-order valence-corrected chi connectivity index (χ0v) is 12.1. The average Bonchev–Trinajstić information content (AvgIpc) is 2.61. The Morgan fingerprint density at radius 1 is 1.37 bits per heavy atom. The van der Waals surface area contributed by atoms with Crippen LogP contribution in [0.15, 0.2) is 24.3 Å². The van der Waals surface area contributed by atoms with E-state index in [-0.39, 0.29) is 6.61 Å². The number of aryl methyl sites for hydroxylation is 1. The highest BCUT2D eigenvalue weighted by Gasteiger charge is 2.22. The van der Waals surface area contributed by atoms with Gasteiger partial charge in [-0.1, -0.05) is 25.1 Å². The summed E-state index contributed by atoms with van der Waals surface area (Å²) in [5.41, 5.74) is 2.78. The first-order valence-corrected chi connectivity index (χ1v) is 7.44. The summed E-state index contributed by atoms with van der Waals surface area (Å²) in [6.45, 7) is 6.78. The quantitative estimate of drug-likeness (QED) is 0.873. The number of hydrogen-bond acceptors (Lipinski definition) is 3. The third-order valence-electron chi connectivity index (χ3n) is 3.98. The minimum absolute atomic E-state index is 0.258. The van der Waals surface area contributed by atoms with Gasteiger partial charge in [0, 0.05) is 37.5 Å². The van der Waals surface area contributed by atoms with Crippen LogP contribution in [-0.2, 0) is 6.42 Å². The molecule has 2 N–H and O–H groups in total. The molecule has 3 nitrogen and oxygen atoms in total. The molecule has 2 rings (SSSR count). The first-order valence-electron chi connectivity index (χ1n) is 7.44. The molecule has 2 unspecified atom stereocenters. The van der Waals surface area contributed by atoms with Crippen LogP contribution in [0.2, 0.25) is 0 Å². The Morgan fingerprint density at radius 3 is 2.89 bits per heavy atom. The van der Waals surface area contributed by atoms with Crippen LogP contribution >= 0.6 is 0 Å². The summed E-state index contributed by atoms with van der Waals surface area (Å²) in [5, 5.41) is 12.8. The van der Waals surface area contributed by atoms with E-state index in [2.05, 4.69) is 48.3 Å². The van der Waals surface area contributed by atoms with E-state index in [1.165, 1.54) is 11.3 Å². The van der Waals surface area contributed by atoms with Crippen molar-refractivity contribution in [2.45, 2.75) is 45.2 Å². The zero-order valence-electron chi connectivity index (χ0n) is 12.1. The van der Waals surface area contributed by atoms with Crippen molar-refractivity contribution in [1.29, 1.82) is 0 Å². The third kappa shape index (κ3) is 3.71. The lowest BCUT2D eigenvalue weighted by Gasteiger charge is -2.28. The highest BCUT2D eigenvalue weighted by atomic mass is 16.3. The fourth-order valence-electron chi connectivity index (χ4n) is 2.91. The van der Waals surface area contributed by atoms with Crippen molar-refractivity contribution >= 4 is 5.69 Å². The van der Waals surface area contributed by atoms with Crippen LogP contribution in [0.1, 0.15) is 32.3 Å². The van der Waals surface area contributed by atoms with Crippen LogP contribution < -0.4 is 10.2 Å². The normalized spacial score (nSPS) is 24.3. The summed E-state index contributed by atoms with van der Waals surface area (Å²) < 4.78 is 0. The van der Waals surface area contributed by atoms with Gasteiger partial charge in [-0.25, -0.2) is 0 Å². The van der Waals surface area contributed by atoms with Crippen molar-refractivity contribution in [3.63, 3.8) is 0 Å². The fourth-order valence-corrected chi connectivity index (χ4v) is 2.91. The largest absolute Gasteiger partial charge is 0.396 e. The number of hydrogen-bond donors (Lipinski definition) is 2. The molecule has 1 aromatic rings. The third-order valence-corrected chi connectivity index (χ3v) is 3.98. The lowest BCUT2D eigenvalue weighted by Crippen LogP contribution is -2.41. The van der Waals surface area contributed by atoms with Gasteiger partial charge in [-0.15, -0.1) is 0 Å². The van der Waals surface area contributed by atoms with Gasteiger partial charge in [0.2, 0.25) is 0 Å². The highest BCUT2D eigenvalue weighted by Crippen LogP contribution is 2.23. The number of aliphatic hydroxyl groups excluding tert-OH is 1. The molecule has 1 aromatic carbocycles. The van der Waals surface area contributed by atoms with Crippen molar-refractivity contribution in [3.8, 4) is 0 Å². The van der Waals surface area contributed by atoms with Gasteiger partial charge in [0.1, 0.15) is 0 Å². The van der Waals surface area contributed by atoms with Gasteiger partial charge in [-0.2, -0.15) is 0 Å². The van der Waals surface area contributed by atoms with Gasteiger partial charge >= 0.3 is 0 Å². The average molecular weight is 262 g/mol. The molecule has 19 heavy (non-hydrogen) atoms. The molecule has 1 heterocycles. The molecule has 0 radical (unpaired) electrons. The topological polar surface area (TPSA) is 35.5 Å². The van der Waals surface area contributed by atoms with Gasteiger partial charge in [-0.05, 0) is 37.8 Å². The Hall–Kier alpha value is -1.06. The number of nitrogens with one attached hydrogen (secondary N) is 1. The van der Waals surface area contributed by atoms with Crippen molar-refractivity contribution in [2.75, 3.05) is 24.6 Å². The molecule has 0 spiro atoms. The van der Waals surface area contributed by atoms with Crippen molar-refractivity contribution in [2.24, 2.45) is 0 Å². The molecule has 2 atom stereocenters. The second-order valence-electron chi connectivity index (χ2n) is 5.49. The van der Waals surface area contributed by atoms with Crippen LogP contribution in [0.4, 0.5) is 5.69 Å². The lowest BCUT2D eigenvalue weighted by atomic mass is 10.1. The van der Waals surface area contributed by atoms with Gasteiger partial charge < -0.3 is 15.3 Å². The van der Waals surface area contributed by atoms with E-state index in [9.17, 15) is 5.11 Å². The van der Waals surface area contributed by atoms with Crippen molar-refractivity contribution in [1.82, 2.24) is 5.32 Å². The van der Waals surface area contributed by atoms with Crippen LogP contribution in [0.5, 0.6) is 0 Å². The maximum Gasteiger partial charge on any atom is 0.0446 e. The Bertz CT molecular complexity index is 394. The minimum Gasteiger partial charge on any atom is -0.396 e. The second-order valence-corrected chi connectivity index (χ2v) is 5.49. The second kappa shape index (κ2) is 6.92. The van der Waals surface area contributed by atoms with Gasteiger partial charge in [0.05, 0.1) is 0 Å². The van der Waals surface area contributed by atoms with Gasteiger partial charge in [-0.3, -0.25) is 0 Å². The van der Waals surface area contributed by atoms with Crippen LogP contribution in [0.3, 0.4) is 0 Å². The predicted molar refractivity (Wildman–Crippen MR) is 80.7 cm³/mol. The fraction of sp³-hybridized carbons (Fsp3) is 0.625. The number of nitrogens with zero attached hydrogens (tertiary/aromatic N) is 1. The predicted octanol–water partition coefficient (Wildman–Crippen LogP) is 2.19. The Balaban J connectivity index is 2.17. The van der Waals surface area contributed by atoms with Crippen molar-refractivity contribution in [3.05, 3.63) is 29.8 Å². The molecule has 3 heteroatoms. The number of aliphatic hydroxyl groups is 1. The maximum absolute atomic E-state index is 9.20. The molecular weight excluding hydrogens is 236 g/mol. The highest BCUT2D eigenvalue weighted by molar-refractivity contribution is 5.54. The van der Waals surface area contributed by atoms with Gasteiger partial charge in [0.15, 0.2) is 0 Å². The first-order chi connectivity index (χ1) is 9.24. The van der Waals surface area contributed by atoms with E-state index in [1.54, 1.807) is 0 Å². The maximum atomic E-state index is 9.20.